The Hall–Kier alpha value is -2.89. The number of Topliss-reactive ketones (excluding diaryl/α,β-unsaturated/α-hetero) is 1. The second-order valence-electron chi connectivity index (χ2n) is 6.46. The second kappa shape index (κ2) is 7.85. The number of carbonyl (C=O) groups is 2. The molecule has 0 fully saturated rings. The van der Waals surface area contributed by atoms with Gasteiger partial charge in [0.25, 0.3) is 0 Å². The fourth-order valence-electron chi connectivity index (χ4n) is 3.00. The topological polar surface area (TPSA) is 52.6 Å². The van der Waals surface area contributed by atoms with E-state index < -0.39 is 5.97 Å². The summed E-state index contributed by atoms with van der Waals surface area (Å²) in [6, 6.07) is 17.3. The Morgan fingerprint density at radius 1 is 1.10 bits per heavy atom. The van der Waals surface area contributed by atoms with E-state index in [0.29, 0.717) is 33.2 Å². The van der Waals surface area contributed by atoms with Crippen LogP contribution in [0, 0.1) is 6.92 Å². The maximum Gasteiger partial charge on any atom is 0.343 e. The third kappa shape index (κ3) is 3.97. The summed E-state index contributed by atoms with van der Waals surface area (Å²) in [7, 11) is 0. The van der Waals surface area contributed by atoms with Crippen LogP contribution in [0.5, 0.6) is 11.5 Å². The lowest BCUT2D eigenvalue weighted by atomic mass is 10.1. The lowest BCUT2D eigenvalue weighted by molar-refractivity contribution is 0.0733. The monoisotopic (exact) mass is 468 g/mol. The van der Waals surface area contributed by atoms with E-state index in [-0.39, 0.29) is 11.5 Å². The summed E-state index contributed by atoms with van der Waals surface area (Å²) in [5.41, 5.74) is 2.18. The van der Waals surface area contributed by atoms with Crippen molar-refractivity contribution in [3.05, 3.63) is 98.2 Å². The molecule has 1 aliphatic rings. The number of halogens is 2. The molecule has 0 atom stereocenters. The van der Waals surface area contributed by atoms with Gasteiger partial charge in [-0.1, -0.05) is 45.7 Å². The van der Waals surface area contributed by atoms with Gasteiger partial charge in [-0.3, -0.25) is 4.79 Å². The van der Waals surface area contributed by atoms with E-state index >= 15 is 0 Å². The standard InChI is InChI=1S/C23H14BrClO4/c1-13-19(29-23(27)15-5-3-7-17(25)12-15)9-8-18-21(26)20(28-22(13)18)11-14-4-2-6-16(24)10-14/h2-12H,1H3/b20-11-. The van der Waals surface area contributed by atoms with Crippen LogP contribution >= 0.6 is 27.5 Å². The van der Waals surface area contributed by atoms with Crippen molar-refractivity contribution < 1.29 is 19.1 Å². The zero-order valence-corrected chi connectivity index (χ0v) is 17.6. The predicted octanol–water partition coefficient (Wildman–Crippen LogP) is 6.25. The Balaban J connectivity index is 1.62. The molecule has 4 nitrogen and oxygen atoms in total. The molecule has 3 aromatic carbocycles. The maximum absolute atomic E-state index is 12.7. The van der Waals surface area contributed by atoms with Crippen molar-refractivity contribution in [1.29, 1.82) is 0 Å². The van der Waals surface area contributed by atoms with Crippen molar-refractivity contribution >= 4 is 45.4 Å². The molecule has 6 heteroatoms. The minimum atomic E-state index is -0.537. The van der Waals surface area contributed by atoms with Crippen LogP contribution in [0.4, 0.5) is 0 Å². The molecule has 4 rings (SSSR count). The van der Waals surface area contributed by atoms with Gasteiger partial charge in [0.1, 0.15) is 11.5 Å². The summed E-state index contributed by atoms with van der Waals surface area (Å²) in [4.78, 5) is 25.1. The van der Waals surface area contributed by atoms with Crippen molar-refractivity contribution in [2.45, 2.75) is 6.92 Å². The van der Waals surface area contributed by atoms with Gasteiger partial charge in [0.15, 0.2) is 5.76 Å². The molecule has 0 radical (unpaired) electrons. The number of benzene rings is 3. The van der Waals surface area contributed by atoms with Crippen LogP contribution in [0.2, 0.25) is 5.02 Å². The summed E-state index contributed by atoms with van der Waals surface area (Å²) in [5, 5.41) is 0.446. The zero-order chi connectivity index (χ0) is 20.5. The van der Waals surface area contributed by atoms with Gasteiger partial charge in [0.05, 0.1) is 11.1 Å². The Bertz CT molecular complexity index is 1180. The van der Waals surface area contributed by atoms with Crippen LogP contribution < -0.4 is 9.47 Å². The largest absolute Gasteiger partial charge is 0.452 e. The van der Waals surface area contributed by atoms with Crippen LogP contribution in [-0.2, 0) is 0 Å². The SMILES string of the molecule is Cc1c(OC(=O)c2cccc(Cl)c2)ccc2c1O/C(=C\c1cccc(Br)c1)C2=O. The number of ether oxygens (including phenoxy) is 2. The van der Waals surface area contributed by atoms with E-state index in [1.807, 2.05) is 24.3 Å². The molecule has 0 saturated carbocycles. The molecule has 0 amide bonds. The molecule has 1 aliphatic heterocycles. The van der Waals surface area contributed by atoms with Crippen LogP contribution in [0.1, 0.15) is 31.8 Å². The summed E-state index contributed by atoms with van der Waals surface area (Å²) in [6.07, 6.45) is 1.68. The van der Waals surface area contributed by atoms with Crippen LogP contribution in [-0.4, -0.2) is 11.8 Å². The number of allylic oxidation sites excluding steroid dienone is 1. The zero-order valence-electron chi connectivity index (χ0n) is 15.2. The number of rotatable bonds is 3. The Morgan fingerprint density at radius 2 is 1.90 bits per heavy atom. The number of hydrogen-bond acceptors (Lipinski definition) is 4. The third-order valence-corrected chi connectivity index (χ3v) is 5.17. The first kappa shape index (κ1) is 19.4. The fourth-order valence-corrected chi connectivity index (χ4v) is 3.61. The summed E-state index contributed by atoms with van der Waals surface area (Å²) < 4.78 is 12.2. The smallest absolute Gasteiger partial charge is 0.343 e. The Labute approximate surface area is 180 Å². The molecule has 0 unspecified atom stereocenters. The molecule has 0 bridgehead atoms. The van der Waals surface area contributed by atoms with Crippen molar-refractivity contribution in [2.24, 2.45) is 0 Å². The second-order valence-corrected chi connectivity index (χ2v) is 7.81. The maximum atomic E-state index is 12.7. The van der Waals surface area contributed by atoms with Gasteiger partial charge in [-0.2, -0.15) is 0 Å². The van der Waals surface area contributed by atoms with Gasteiger partial charge < -0.3 is 9.47 Å². The van der Waals surface area contributed by atoms with Gasteiger partial charge in [0.2, 0.25) is 5.78 Å². The first-order valence-corrected chi connectivity index (χ1v) is 9.90. The average Bonchev–Trinajstić information content (AvgIpc) is 3.00. The average molecular weight is 470 g/mol. The van der Waals surface area contributed by atoms with E-state index in [4.69, 9.17) is 21.1 Å². The number of ketones is 1. The molecule has 0 aromatic heterocycles. The van der Waals surface area contributed by atoms with Gasteiger partial charge in [-0.15, -0.1) is 0 Å². The first-order valence-electron chi connectivity index (χ1n) is 8.73. The molecule has 3 aromatic rings. The van der Waals surface area contributed by atoms with E-state index in [0.717, 1.165) is 10.0 Å². The van der Waals surface area contributed by atoms with E-state index in [2.05, 4.69) is 15.9 Å². The number of esters is 1. The van der Waals surface area contributed by atoms with Crippen LogP contribution in [0.3, 0.4) is 0 Å². The molecule has 0 spiro atoms. The highest BCUT2D eigenvalue weighted by Gasteiger charge is 2.30. The minimum Gasteiger partial charge on any atom is -0.452 e. The molecule has 0 N–H and O–H groups in total. The van der Waals surface area contributed by atoms with Crippen molar-refractivity contribution in [2.75, 3.05) is 0 Å². The number of fused-ring (bicyclic) bond motifs is 1. The first-order chi connectivity index (χ1) is 13.9. The quantitative estimate of drug-likeness (QED) is 0.259. The molecule has 1 heterocycles. The third-order valence-electron chi connectivity index (χ3n) is 4.45. The van der Waals surface area contributed by atoms with Gasteiger partial charge >= 0.3 is 5.97 Å². The molecule has 144 valence electrons. The van der Waals surface area contributed by atoms with E-state index in [1.54, 1.807) is 43.3 Å². The fraction of sp³-hybridized carbons (Fsp3) is 0.0435. The molecule has 29 heavy (non-hydrogen) atoms. The highest BCUT2D eigenvalue weighted by Crippen LogP contribution is 2.39. The highest BCUT2D eigenvalue weighted by atomic mass is 79.9. The normalized spacial score (nSPS) is 13.9. The van der Waals surface area contributed by atoms with Gasteiger partial charge in [0, 0.05) is 15.1 Å². The van der Waals surface area contributed by atoms with Crippen molar-refractivity contribution in [1.82, 2.24) is 0 Å². The molecule has 0 saturated heterocycles. The number of hydrogen-bond donors (Lipinski definition) is 0. The highest BCUT2D eigenvalue weighted by molar-refractivity contribution is 9.10. The number of carbonyl (C=O) groups excluding carboxylic acids is 2. The van der Waals surface area contributed by atoms with Crippen LogP contribution in [0.25, 0.3) is 6.08 Å². The summed E-state index contributed by atoms with van der Waals surface area (Å²) >= 11 is 9.34. The molecular weight excluding hydrogens is 456 g/mol. The van der Waals surface area contributed by atoms with E-state index in [1.165, 1.54) is 6.07 Å². The Kier molecular flexibility index (Phi) is 5.26. The van der Waals surface area contributed by atoms with Gasteiger partial charge in [-0.25, -0.2) is 4.79 Å². The van der Waals surface area contributed by atoms with Crippen molar-refractivity contribution in [3.8, 4) is 11.5 Å². The summed E-state index contributed by atoms with van der Waals surface area (Å²) in [6.45, 7) is 1.74. The van der Waals surface area contributed by atoms with Crippen LogP contribution in [0.15, 0.2) is 70.9 Å². The van der Waals surface area contributed by atoms with Crippen molar-refractivity contribution in [3.63, 3.8) is 0 Å². The molecular formula is C23H14BrClO4. The minimum absolute atomic E-state index is 0.212. The predicted molar refractivity (Wildman–Crippen MR) is 115 cm³/mol. The lowest BCUT2D eigenvalue weighted by Crippen LogP contribution is -2.09. The Morgan fingerprint density at radius 3 is 2.66 bits per heavy atom. The lowest BCUT2D eigenvalue weighted by Gasteiger charge is -2.10. The van der Waals surface area contributed by atoms with E-state index in [9.17, 15) is 9.59 Å². The molecule has 0 aliphatic carbocycles. The summed E-state index contributed by atoms with van der Waals surface area (Å²) in [5.74, 6) is 0.193. The van der Waals surface area contributed by atoms with Gasteiger partial charge in [-0.05, 0) is 61.0 Å².